The molecule has 0 radical (unpaired) electrons. The molecule has 0 spiro atoms. The Morgan fingerprint density at radius 2 is 2.29 bits per heavy atom. The van der Waals surface area contributed by atoms with Gasteiger partial charge in [-0.25, -0.2) is 0 Å². The zero-order valence-corrected chi connectivity index (χ0v) is 8.86. The van der Waals surface area contributed by atoms with E-state index in [2.05, 4.69) is 25.7 Å². The van der Waals surface area contributed by atoms with Crippen LogP contribution in [-0.2, 0) is 0 Å². The normalized spacial score (nSPS) is 10.1. The summed E-state index contributed by atoms with van der Waals surface area (Å²) in [6.07, 6.45) is 0. The van der Waals surface area contributed by atoms with E-state index in [0.717, 1.165) is 11.3 Å². The van der Waals surface area contributed by atoms with Gasteiger partial charge in [0.2, 0.25) is 14.6 Å². The average Bonchev–Trinajstić information content (AvgIpc) is 2.75. The summed E-state index contributed by atoms with van der Waals surface area (Å²) in [5, 5.41) is 17.4. The summed E-state index contributed by atoms with van der Waals surface area (Å²) in [6.45, 7) is 0. The maximum Gasteiger partial charge on any atom is 0.288 e. The third-order valence-electron chi connectivity index (χ3n) is 1.18. The average molecular weight is 248 g/mol. The van der Waals surface area contributed by atoms with Crippen LogP contribution in [0.4, 0.5) is 5.13 Å². The lowest BCUT2D eigenvalue weighted by atomic mass is 10.6. The Morgan fingerprint density at radius 3 is 2.86 bits per heavy atom. The van der Waals surface area contributed by atoms with Gasteiger partial charge in [-0.1, -0.05) is 22.7 Å². The molecule has 1 N–H and O–H groups in total. The first-order valence-corrected chi connectivity index (χ1v) is 5.39. The predicted molar refractivity (Wildman–Crippen MR) is 52.8 cm³/mol. The van der Waals surface area contributed by atoms with Crippen molar-refractivity contribution in [3.05, 3.63) is 15.0 Å². The number of rotatable bonds is 2. The van der Waals surface area contributed by atoms with Crippen molar-refractivity contribution in [1.82, 2.24) is 20.4 Å². The van der Waals surface area contributed by atoms with Crippen LogP contribution in [0.5, 0.6) is 0 Å². The Kier molecular flexibility index (Phi) is 2.66. The topological polar surface area (TPSA) is 80.7 Å². The number of halogens is 1. The Hall–Kier alpha value is -1.12. The smallest absolute Gasteiger partial charge is 0.288 e. The molecule has 0 aromatic carbocycles. The molecule has 0 unspecified atom stereocenters. The molecule has 0 bridgehead atoms. The molecule has 6 nitrogen and oxygen atoms in total. The first-order valence-electron chi connectivity index (χ1n) is 3.32. The molecule has 1 amide bonds. The molecule has 9 heteroatoms. The Balaban J connectivity index is 2.10. The molecule has 0 saturated carbocycles. The minimum Gasteiger partial charge on any atom is -0.294 e. The van der Waals surface area contributed by atoms with E-state index in [9.17, 15) is 4.79 Å². The van der Waals surface area contributed by atoms with Gasteiger partial charge in [0.1, 0.15) is 5.51 Å². The lowest BCUT2D eigenvalue weighted by molar-refractivity contribution is 0.102. The van der Waals surface area contributed by atoms with Gasteiger partial charge in [-0.05, 0) is 11.6 Å². The number of hydrogen-bond acceptors (Lipinski definition) is 7. The van der Waals surface area contributed by atoms with Crippen LogP contribution in [0.15, 0.2) is 5.51 Å². The van der Waals surface area contributed by atoms with Crippen LogP contribution in [0.1, 0.15) is 9.80 Å². The highest BCUT2D eigenvalue weighted by molar-refractivity contribution is 7.17. The summed E-state index contributed by atoms with van der Waals surface area (Å²) in [5.74, 6) is -0.383. The summed E-state index contributed by atoms with van der Waals surface area (Å²) in [6, 6.07) is 0. The molecule has 0 atom stereocenters. The van der Waals surface area contributed by atoms with Crippen molar-refractivity contribution in [1.29, 1.82) is 0 Å². The highest BCUT2D eigenvalue weighted by atomic mass is 35.5. The van der Waals surface area contributed by atoms with Crippen LogP contribution in [-0.4, -0.2) is 26.3 Å². The van der Waals surface area contributed by atoms with Crippen molar-refractivity contribution in [2.45, 2.75) is 0 Å². The van der Waals surface area contributed by atoms with E-state index in [-0.39, 0.29) is 15.4 Å². The van der Waals surface area contributed by atoms with E-state index in [0.29, 0.717) is 5.13 Å². The predicted octanol–water partition coefficient (Wildman–Crippen LogP) is 1.30. The second-order valence-corrected chi connectivity index (χ2v) is 4.45. The van der Waals surface area contributed by atoms with Crippen LogP contribution in [0.25, 0.3) is 0 Å². The first-order chi connectivity index (χ1) is 6.75. The minimum absolute atomic E-state index is 0.199. The monoisotopic (exact) mass is 247 g/mol. The maximum absolute atomic E-state index is 11.4. The lowest BCUT2D eigenvalue weighted by Gasteiger charge is -1.93. The van der Waals surface area contributed by atoms with Crippen molar-refractivity contribution in [2.24, 2.45) is 0 Å². The van der Waals surface area contributed by atoms with Crippen molar-refractivity contribution in [3.8, 4) is 0 Å². The molecule has 2 aromatic rings. The van der Waals surface area contributed by atoms with Crippen LogP contribution < -0.4 is 5.32 Å². The molecule has 0 saturated heterocycles. The molecule has 14 heavy (non-hydrogen) atoms. The van der Waals surface area contributed by atoms with E-state index >= 15 is 0 Å². The van der Waals surface area contributed by atoms with Crippen LogP contribution >= 0.6 is 34.3 Å². The quantitative estimate of drug-likeness (QED) is 0.865. The summed E-state index contributed by atoms with van der Waals surface area (Å²) in [7, 11) is 0. The second-order valence-electron chi connectivity index (χ2n) is 2.06. The van der Waals surface area contributed by atoms with Gasteiger partial charge in [0.15, 0.2) is 0 Å². The molecule has 0 aliphatic heterocycles. The van der Waals surface area contributed by atoms with Gasteiger partial charge in [0.25, 0.3) is 5.91 Å². The zero-order valence-electron chi connectivity index (χ0n) is 6.47. The molecule has 0 fully saturated rings. The van der Waals surface area contributed by atoms with E-state index in [1.807, 2.05) is 0 Å². The molecule has 72 valence electrons. The van der Waals surface area contributed by atoms with Crippen molar-refractivity contribution < 1.29 is 4.79 Å². The van der Waals surface area contributed by atoms with Gasteiger partial charge >= 0.3 is 0 Å². The maximum atomic E-state index is 11.4. The highest BCUT2D eigenvalue weighted by Crippen LogP contribution is 2.16. The fraction of sp³-hybridized carbons (Fsp3) is 0. The number of anilines is 1. The second kappa shape index (κ2) is 3.95. The van der Waals surface area contributed by atoms with Gasteiger partial charge in [-0.15, -0.1) is 20.4 Å². The molecule has 0 aliphatic rings. The number of hydrogen-bond donors (Lipinski definition) is 1. The zero-order chi connectivity index (χ0) is 9.97. The Morgan fingerprint density at radius 1 is 1.43 bits per heavy atom. The van der Waals surface area contributed by atoms with Crippen LogP contribution in [0, 0.1) is 0 Å². The van der Waals surface area contributed by atoms with Gasteiger partial charge in [0.05, 0.1) is 0 Å². The third kappa shape index (κ3) is 2.03. The van der Waals surface area contributed by atoms with Crippen molar-refractivity contribution >= 4 is 45.3 Å². The largest absolute Gasteiger partial charge is 0.294 e. The molecule has 0 aliphatic carbocycles. The molecule has 2 rings (SSSR count). The van der Waals surface area contributed by atoms with Crippen molar-refractivity contribution in [2.75, 3.05) is 5.32 Å². The van der Waals surface area contributed by atoms with E-state index in [1.54, 1.807) is 0 Å². The number of amides is 1. The first kappa shape index (κ1) is 9.44. The van der Waals surface area contributed by atoms with Gasteiger partial charge in [0, 0.05) is 0 Å². The summed E-state index contributed by atoms with van der Waals surface area (Å²) >= 11 is 7.75. The number of nitrogens with zero attached hydrogens (tertiary/aromatic N) is 4. The minimum atomic E-state index is -0.383. The highest BCUT2D eigenvalue weighted by Gasteiger charge is 2.13. The Labute approximate surface area is 91.0 Å². The molecule has 2 aromatic heterocycles. The summed E-state index contributed by atoms with van der Waals surface area (Å²) in [5.41, 5.74) is 1.52. The van der Waals surface area contributed by atoms with Crippen molar-refractivity contribution in [3.63, 3.8) is 0 Å². The number of carbonyl (C=O) groups is 1. The fourth-order valence-electron chi connectivity index (χ4n) is 0.675. The van der Waals surface area contributed by atoms with Gasteiger partial charge in [-0.2, -0.15) is 0 Å². The number of aromatic nitrogens is 4. The lowest BCUT2D eigenvalue weighted by Crippen LogP contribution is -2.11. The van der Waals surface area contributed by atoms with Gasteiger partial charge in [-0.3, -0.25) is 10.1 Å². The van der Waals surface area contributed by atoms with Crippen LogP contribution in [0.2, 0.25) is 4.47 Å². The SMILES string of the molecule is O=C(Nc1nncs1)c1nnc(Cl)s1. The van der Waals surface area contributed by atoms with Crippen LogP contribution in [0.3, 0.4) is 0 Å². The number of nitrogens with one attached hydrogen (secondary N) is 1. The molecular formula is C5H2ClN5OS2. The van der Waals surface area contributed by atoms with Gasteiger partial charge < -0.3 is 0 Å². The summed E-state index contributed by atoms with van der Waals surface area (Å²) in [4.78, 5) is 11.4. The van der Waals surface area contributed by atoms with E-state index in [4.69, 9.17) is 11.6 Å². The summed E-state index contributed by atoms with van der Waals surface area (Å²) < 4.78 is 0.229. The number of carbonyl (C=O) groups excluding carboxylic acids is 1. The van der Waals surface area contributed by atoms with E-state index < -0.39 is 0 Å². The third-order valence-corrected chi connectivity index (χ3v) is 2.80. The molecule has 2 heterocycles. The standard InChI is InChI=1S/C5H2ClN5OS2/c6-4-10-9-3(14-4)2(12)8-5-11-7-1-13-5/h1H,(H,8,11,12). The molecular weight excluding hydrogens is 246 g/mol. The fourth-order valence-corrected chi connectivity index (χ4v) is 1.84. The van der Waals surface area contributed by atoms with E-state index in [1.165, 1.54) is 16.8 Å². The Bertz CT molecular complexity index is 441.